The van der Waals surface area contributed by atoms with Crippen LogP contribution < -0.4 is 11.5 Å². The molecule has 0 aromatic heterocycles. The quantitative estimate of drug-likeness (QED) is 0.362. The summed E-state index contributed by atoms with van der Waals surface area (Å²) in [6.07, 6.45) is 7.20. The lowest BCUT2D eigenvalue weighted by Gasteiger charge is -2.22. The van der Waals surface area contributed by atoms with Crippen molar-refractivity contribution >= 4 is 12.6 Å². The van der Waals surface area contributed by atoms with Crippen LogP contribution >= 0.6 is 12.6 Å². The van der Waals surface area contributed by atoms with Gasteiger partial charge in [-0.2, -0.15) is 12.6 Å². The first kappa shape index (κ1) is 16.2. The van der Waals surface area contributed by atoms with E-state index in [-0.39, 0.29) is 0 Å². The first-order valence-electron chi connectivity index (χ1n) is 6.58. The van der Waals surface area contributed by atoms with Crippen LogP contribution in [0, 0.1) is 0 Å². The van der Waals surface area contributed by atoms with Crippen molar-refractivity contribution in [1.82, 2.24) is 4.90 Å². The van der Waals surface area contributed by atoms with Crippen molar-refractivity contribution in [1.29, 1.82) is 0 Å². The highest BCUT2D eigenvalue weighted by atomic mass is 32.1. The van der Waals surface area contributed by atoms with E-state index in [1.54, 1.807) is 0 Å². The molecule has 0 saturated heterocycles. The van der Waals surface area contributed by atoms with E-state index in [9.17, 15) is 0 Å². The summed E-state index contributed by atoms with van der Waals surface area (Å²) in [5, 5.41) is 0. The number of hydrogen-bond donors (Lipinski definition) is 3. The predicted molar refractivity (Wildman–Crippen MR) is 76.1 cm³/mol. The number of nitrogens with zero attached hydrogens (tertiary/aromatic N) is 1. The van der Waals surface area contributed by atoms with Gasteiger partial charge in [-0.1, -0.05) is 0 Å². The molecule has 0 heterocycles. The second-order valence-electron chi connectivity index (χ2n) is 4.26. The largest absolute Gasteiger partial charge is 0.330 e. The molecule has 0 amide bonds. The normalized spacial score (nSPS) is 11.2. The van der Waals surface area contributed by atoms with Crippen molar-refractivity contribution < 1.29 is 0 Å². The molecular weight excluding hydrogens is 218 g/mol. The van der Waals surface area contributed by atoms with E-state index in [1.165, 1.54) is 45.3 Å². The molecule has 0 rings (SSSR count). The molecule has 4 N–H and O–H groups in total. The fourth-order valence-corrected chi connectivity index (χ4v) is 1.97. The van der Waals surface area contributed by atoms with Crippen molar-refractivity contribution in [3.05, 3.63) is 0 Å². The van der Waals surface area contributed by atoms with Crippen molar-refractivity contribution in [2.24, 2.45) is 11.5 Å². The van der Waals surface area contributed by atoms with Gasteiger partial charge in [-0.05, 0) is 77.0 Å². The van der Waals surface area contributed by atoms with Crippen molar-refractivity contribution in [2.45, 2.75) is 38.5 Å². The van der Waals surface area contributed by atoms with E-state index in [0.717, 1.165) is 31.7 Å². The highest BCUT2D eigenvalue weighted by molar-refractivity contribution is 7.80. The summed E-state index contributed by atoms with van der Waals surface area (Å²) in [5.74, 6) is 0.999. The first-order valence-corrected chi connectivity index (χ1v) is 7.21. The maximum absolute atomic E-state index is 5.51. The smallest absolute Gasteiger partial charge is 0.00183 e. The lowest BCUT2D eigenvalue weighted by molar-refractivity contribution is 0.260. The Hall–Kier alpha value is 0.230. The van der Waals surface area contributed by atoms with E-state index in [4.69, 9.17) is 11.5 Å². The Bertz CT molecular complexity index is 110. The fraction of sp³-hybridized carbons (Fsp3) is 1.00. The summed E-state index contributed by atoms with van der Waals surface area (Å²) >= 11 is 4.24. The summed E-state index contributed by atoms with van der Waals surface area (Å²) in [6.45, 7) is 5.21. The van der Waals surface area contributed by atoms with Gasteiger partial charge < -0.3 is 16.4 Å². The van der Waals surface area contributed by atoms with Gasteiger partial charge in [0, 0.05) is 0 Å². The molecule has 0 fully saturated rings. The van der Waals surface area contributed by atoms with Crippen LogP contribution in [-0.4, -0.2) is 43.4 Å². The van der Waals surface area contributed by atoms with Gasteiger partial charge in [-0.25, -0.2) is 0 Å². The minimum absolute atomic E-state index is 0.813. The zero-order valence-corrected chi connectivity index (χ0v) is 11.4. The van der Waals surface area contributed by atoms with Gasteiger partial charge in [-0.3, -0.25) is 0 Å². The van der Waals surface area contributed by atoms with Gasteiger partial charge in [0.15, 0.2) is 0 Å². The van der Waals surface area contributed by atoms with Gasteiger partial charge in [0.25, 0.3) is 0 Å². The third kappa shape index (κ3) is 10.7. The van der Waals surface area contributed by atoms with Gasteiger partial charge in [-0.15, -0.1) is 0 Å². The Morgan fingerprint density at radius 2 is 1.12 bits per heavy atom. The van der Waals surface area contributed by atoms with Gasteiger partial charge >= 0.3 is 0 Å². The topological polar surface area (TPSA) is 55.3 Å². The number of thiol groups is 1. The van der Waals surface area contributed by atoms with Crippen molar-refractivity contribution in [3.8, 4) is 0 Å². The Kier molecular flexibility index (Phi) is 13.5. The molecular formula is C12H29N3S. The Balaban J connectivity index is 3.58. The van der Waals surface area contributed by atoms with Gasteiger partial charge in [0.2, 0.25) is 0 Å². The SMILES string of the molecule is NCCCCN(CCCCN)CCCCS. The standard InChI is InChI=1S/C12H29N3S/c13-7-1-3-9-15(10-4-2-8-14)11-5-6-12-16/h16H,1-14H2. The molecule has 0 aliphatic rings. The number of unbranched alkanes of at least 4 members (excludes halogenated alkanes) is 3. The van der Waals surface area contributed by atoms with Crippen LogP contribution in [0.15, 0.2) is 0 Å². The van der Waals surface area contributed by atoms with Gasteiger partial charge in [0.05, 0.1) is 0 Å². The maximum atomic E-state index is 5.51. The summed E-state index contributed by atoms with van der Waals surface area (Å²) < 4.78 is 0. The average Bonchev–Trinajstić information content (AvgIpc) is 2.29. The van der Waals surface area contributed by atoms with Crippen LogP contribution in [0.2, 0.25) is 0 Å². The molecule has 0 aromatic rings. The van der Waals surface area contributed by atoms with E-state index in [1.807, 2.05) is 0 Å². The van der Waals surface area contributed by atoms with Crippen molar-refractivity contribution in [2.75, 3.05) is 38.5 Å². The van der Waals surface area contributed by atoms with Crippen LogP contribution in [-0.2, 0) is 0 Å². The summed E-state index contributed by atoms with van der Waals surface area (Å²) in [5.41, 5.74) is 11.0. The maximum Gasteiger partial charge on any atom is -0.00183 e. The molecule has 16 heavy (non-hydrogen) atoms. The number of rotatable bonds is 12. The molecule has 0 aliphatic heterocycles. The van der Waals surface area contributed by atoms with E-state index in [2.05, 4.69) is 17.5 Å². The van der Waals surface area contributed by atoms with E-state index < -0.39 is 0 Å². The molecule has 3 nitrogen and oxygen atoms in total. The minimum Gasteiger partial charge on any atom is -0.330 e. The summed E-state index contributed by atoms with van der Waals surface area (Å²) in [6, 6.07) is 0. The lowest BCUT2D eigenvalue weighted by atomic mass is 10.2. The second kappa shape index (κ2) is 13.3. The monoisotopic (exact) mass is 247 g/mol. The fourth-order valence-electron chi connectivity index (χ4n) is 1.74. The third-order valence-corrected chi connectivity index (χ3v) is 3.06. The van der Waals surface area contributed by atoms with Crippen LogP contribution in [0.5, 0.6) is 0 Å². The van der Waals surface area contributed by atoms with Crippen LogP contribution in [0.1, 0.15) is 38.5 Å². The average molecular weight is 247 g/mol. The Morgan fingerprint density at radius 3 is 1.50 bits per heavy atom. The summed E-state index contributed by atoms with van der Waals surface area (Å²) in [7, 11) is 0. The molecule has 0 saturated carbocycles. The molecule has 0 bridgehead atoms. The van der Waals surface area contributed by atoms with Gasteiger partial charge in [0.1, 0.15) is 0 Å². The molecule has 0 atom stereocenters. The molecule has 0 aliphatic carbocycles. The molecule has 4 heteroatoms. The van der Waals surface area contributed by atoms with Crippen LogP contribution in [0.3, 0.4) is 0 Å². The minimum atomic E-state index is 0.813. The molecule has 0 aromatic carbocycles. The van der Waals surface area contributed by atoms with E-state index >= 15 is 0 Å². The van der Waals surface area contributed by atoms with E-state index in [0.29, 0.717) is 0 Å². The second-order valence-corrected chi connectivity index (χ2v) is 4.71. The van der Waals surface area contributed by atoms with Crippen molar-refractivity contribution in [3.63, 3.8) is 0 Å². The molecule has 98 valence electrons. The molecule has 0 radical (unpaired) electrons. The third-order valence-electron chi connectivity index (χ3n) is 2.74. The molecule has 0 unspecified atom stereocenters. The zero-order valence-electron chi connectivity index (χ0n) is 10.5. The number of nitrogens with two attached hydrogens (primary N) is 2. The first-order chi connectivity index (χ1) is 7.85. The molecule has 0 spiro atoms. The van der Waals surface area contributed by atoms with Crippen LogP contribution in [0.25, 0.3) is 0 Å². The predicted octanol–water partition coefficient (Wildman–Crippen LogP) is 1.48. The Morgan fingerprint density at radius 1 is 0.688 bits per heavy atom. The summed E-state index contributed by atoms with van der Waals surface area (Å²) in [4.78, 5) is 2.55. The highest BCUT2D eigenvalue weighted by Gasteiger charge is 2.03. The highest BCUT2D eigenvalue weighted by Crippen LogP contribution is 2.02. The Labute approximate surface area is 106 Å². The lowest BCUT2D eigenvalue weighted by Crippen LogP contribution is -2.28. The number of hydrogen-bond acceptors (Lipinski definition) is 4. The van der Waals surface area contributed by atoms with Crippen LogP contribution in [0.4, 0.5) is 0 Å². The zero-order chi connectivity index (χ0) is 12.1.